The van der Waals surface area contributed by atoms with E-state index in [0.717, 1.165) is 0 Å². The summed E-state index contributed by atoms with van der Waals surface area (Å²) in [7, 11) is 0. The van der Waals surface area contributed by atoms with E-state index < -0.39 is 5.97 Å². The van der Waals surface area contributed by atoms with Crippen molar-refractivity contribution in [3.63, 3.8) is 0 Å². The van der Waals surface area contributed by atoms with Gasteiger partial charge in [-0.3, -0.25) is 9.59 Å². The number of amides is 1. The first-order chi connectivity index (χ1) is 9.88. The second-order valence-electron chi connectivity index (χ2n) is 5.60. The number of nitrogens with one attached hydrogen (secondary N) is 1. The molecule has 1 fully saturated rings. The van der Waals surface area contributed by atoms with Gasteiger partial charge in [-0.05, 0) is 19.3 Å². The number of rotatable bonds is 4. The number of aliphatic carboxylic acids is 1. The van der Waals surface area contributed by atoms with Gasteiger partial charge in [0.05, 0.1) is 17.1 Å². The summed E-state index contributed by atoms with van der Waals surface area (Å²) in [6.45, 7) is 3.86. The van der Waals surface area contributed by atoms with E-state index >= 15 is 0 Å². The molecule has 0 spiro atoms. The van der Waals surface area contributed by atoms with Gasteiger partial charge in [0.2, 0.25) is 0 Å². The summed E-state index contributed by atoms with van der Waals surface area (Å²) in [6.07, 6.45) is 3.10. The monoisotopic (exact) mass is 311 g/mol. The van der Waals surface area contributed by atoms with E-state index in [1.165, 1.54) is 6.20 Å². The number of aromatic nitrogens is 2. The van der Waals surface area contributed by atoms with Gasteiger partial charge >= 0.3 is 5.97 Å². The third kappa shape index (κ3) is 3.69. The molecule has 2 unspecified atom stereocenters. The quantitative estimate of drug-likeness (QED) is 0.889. The Labute approximate surface area is 127 Å². The molecule has 114 valence electrons. The second-order valence-corrected chi connectivity index (χ2v) is 6.01. The minimum Gasteiger partial charge on any atom is -0.481 e. The number of halogens is 1. The summed E-state index contributed by atoms with van der Waals surface area (Å²) in [6, 6.07) is -0.146. The lowest BCUT2D eigenvalue weighted by Gasteiger charge is -2.13. The Bertz CT molecular complexity index is 562. The number of hydrogen-bond donors (Lipinski definition) is 2. The predicted molar refractivity (Wildman–Crippen MR) is 77.4 cm³/mol. The number of carbonyl (C=O) groups is 2. The van der Waals surface area contributed by atoms with Crippen molar-refractivity contribution in [2.45, 2.75) is 45.1 Å². The van der Waals surface area contributed by atoms with Crippen molar-refractivity contribution in [2.75, 3.05) is 0 Å². The summed E-state index contributed by atoms with van der Waals surface area (Å²) >= 11 is 5.98. The van der Waals surface area contributed by atoms with Crippen LogP contribution < -0.4 is 5.32 Å². The molecule has 0 aliphatic heterocycles. The minimum atomic E-state index is -0.811. The van der Waals surface area contributed by atoms with Crippen LogP contribution in [0.1, 0.15) is 55.3 Å². The van der Waals surface area contributed by atoms with Crippen molar-refractivity contribution < 1.29 is 14.7 Å². The van der Waals surface area contributed by atoms with Crippen LogP contribution in [0.2, 0.25) is 5.02 Å². The molecule has 1 aliphatic rings. The molecule has 21 heavy (non-hydrogen) atoms. The van der Waals surface area contributed by atoms with E-state index in [0.29, 0.717) is 25.1 Å². The molecule has 1 aromatic rings. The molecule has 7 heteroatoms. The van der Waals surface area contributed by atoms with Crippen molar-refractivity contribution in [1.82, 2.24) is 15.3 Å². The lowest BCUT2D eigenvalue weighted by Crippen LogP contribution is -2.34. The predicted octanol–water partition coefficient (Wildman–Crippen LogP) is 2.24. The Balaban J connectivity index is 2.07. The summed E-state index contributed by atoms with van der Waals surface area (Å²) in [5, 5.41) is 12.0. The summed E-state index contributed by atoms with van der Waals surface area (Å²) in [5.41, 5.74) is 0.147. The Hall–Kier alpha value is -1.69. The van der Waals surface area contributed by atoms with Gasteiger partial charge < -0.3 is 10.4 Å². The normalized spacial score (nSPS) is 21.5. The van der Waals surface area contributed by atoms with Crippen LogP contribution in [0, 0.1) is 5.92 Å². The largest absolute Gasteiger partial charge is 0.481 e. The molecule has 0 saturated heterocycles. The highest BCUT2D eigenvalue weighted by Gasteiger charge is 2.31. The zero-order valence-corrected chi connectivity index (χ0v) is 12.7. The van der Waals surface area contributed by atoms with Crippen LogP contribution >= 0.6 is 11.6 Å². The van der Waals surface area contributed by atoms with Gasteiger partial charge in [0, 0.05) is 12.0 Å². The average molecular weight is 312 g/mol. The first-order valence-electron chi connectivity index (χ1n) is 6.94. The number of carbonyl (C=O) groups excluding carboxylic acids is 1. The number of carboxylic acids is 1. The number of hydrogen-bond acceptors (Lipinski definition) is 4. The van der Waals surface area contributed by atoms with E-state index in [4.69, 9.17) is 16.7 Å². The van der Waals surface area contributed by atoms with Gasteiger partial charge in [-0.25, -0.2) is 9.97 Å². The van der Waals surface area contributed by atoms with Crippen molar-refractivity contribution >= 4 is 23.5 Å². The lowest BCUT2D eigenvalue weighted by atomic mass is 10.1. The van der Waals surface area contributed by atoms with E-state index in [1.807, 2.05) is 13.8 Å². The van der Waals surface area contributed by atoms with Crippen molar-refractivity contribution in [1.29, 1.82) is 0 Å². The maximum atomic E-state index is 12.2. The van der Waals surface area contributed by atoms with Crippen LogP contribution in [-0.4, -0.2) is 33.0 Å². The molecule has 1 aliphatic carbocycles. The molecule has 1 aromatic heterocycles. The highest BCUT2D eigenvalue weighted by molar-refractivity contribution is 6.33. The summed E-state index contributed by atoms with van der Waals surface area (Å²) in [4.78, 5) is 31.4. The van der Waals surface area contributed by atoms with Gasteiger partial charge in [-0.15, -0.1) is 0 Å². The standard InChI is InChI=1S/C14H18ClN3O3/c1-7(2)12-16-6-10(15)11(18-12)13(19)17-9-4-3-8(5-9)14(20)21/h6-9H,3-5H2,1-2H3,(H,17,19)(H,20,21). The zero-order chi connectivity index (χ0) is 15.6. The first-order valence-corrected chi connectivity index (χ1v) is 7.32. The van der Waals surface area contributed by atoms with Crippen LogP contribution in [0.4, 0.5) is 0 Å². The highest BCUT2D eigenvalue weighted by atomic mass is 35.5. The minimum absolute atomic E-state index is 0.0942. The van der Waals surface area contributed by atoms with Crippen LogP contribution in [-0.2, 0) is 4.79 Å². The smallest absolute Gasteiger partial charge is 0.306 e. The Morgan fingerprint density at radius 3 is 2.71 bits per heavy atom. The fraction of sp³-hybridized carbons (Fsp3) is 0.571. The molecule has 0 radical (unpaired) electrons. The second kappa shape index (κ2) is 6.39. The summed E-state index contributed by atoms with van der Waals surface area (Å²) in [5.74, 6) is -0.923. The van der Waals surface area contributed by atoms with Crippen LogP contribution in [0.5, 0.6) is 0 Å². The van der Waals surface area contributed by atoms with Gasteiger partial charge in [0.15, 0.2) is 0 Å². The van der Waals surface area contributed by atoms with Crippen LogP contribution in [0.25, 0.3) is 0 Å². The maximum Gasteiger partial charge on any atom is 0.306 e. The highest BCUT2D eigenvalue weighted by Crippen LogP contribution is 2.26. The molecule has 2 rings (SSSR count). The van der Waals surface area contributed by atoms with E-state index in [1.54, 1.807) is 0 Å². The Morgan fingerprint density at radius 2 is 2.14 bits per heavy atom. The molecule has 2 atom stereocenters. The molecular weight excluding hydrogens is 294 g/mol. The molecule has 0 bridgehead atoms. The Kier molecular flexibility index (Phi) is 4.77. The first kappa shape index (κ1) is 15.7. The SMILES string of the molecule is CC(C)c1ncc(Cl)c(C(=O)NC2CCC(C(=O)O)C2)n1. The molecule has 1 saturated carbocycles. The third-order valence-electron chi connectivity index (χ3n) is 3.61. The molecule has 1 heterocycles. The van der Waals surface area contributed by atoms with E-state index in [2.05, 4.69) is 15.3 Å². The number of carboxylic acid groups (broad SMARTS) is 1. The van der Waals surface area contributed by atoms with Crippen molar-refractivity contribution in [2.24, 2.45) is 5.92 Å². The van der Waals surface area contributed by atoms with Gasteiger partial charge in [-0.1, -0.05) is 25.4 Å². The third-order valence-corrected chi connectivity index (χ3v) is 3.89. The van der Waals surface area contributed by atoms with Crippen molar-refractivity contribution in [3.8, 4) is 0 Å². The molecule has 6 nitrogen and oxygen atoms in total. The van der Waals surface area contributed by atoms with Gasteiger partial charge in [0.1, 0.15) is 11.5 Å². The molecule has 2 N–H and O–H groups in total. The fourth-order valence-electron chi connectivity index (χ4n) is 2.41. The lowest BCUT2D eigenvalue weighted by molar-refractivity contribution is -0.141. The molecule has 1 amide bonds. The van der Waals surface area contributed by atoms with E-state index in [-0.39, 0.29) is 34.5 Å². The van der Waals surface area contributed by atoms with Gasteiger partial charge in [-0.2, -0.15) is 0 Å². The topological polar surface area (TPSA) is 92.2 Å². The van der Waals surface area contributed by atoms with Crippen LogP contribution in [0.3, 0.4) is 0 Å². The average Bonchev–Trinajstić information content (AvgIpc) is 2.87. The Morgan fingerprint density at radius 1 is 1.43 bits per heavy atom. The zero-order valence-electron chi connectivity index (χ0n) is 12.0. The van der Waals surface area contributed by atoms with Gasteiger partial charge in [0.25, 0.3) is 5.91 Å². The van der Waals surface area contributed by atoms with Crippen LogP contribution in [0.15, 0.2) is 6.20 Å². The summed E-state index contributed by atoms with van der Waals surface area (Å²) < 4.78 is 0. The molecular formula is C14H18ClN3O3. The molecule has 0 aromatic carbocycles. The maximum absolute atomic E-state index is 12.2. The fourth-order valence-corrected chi connectivity index (χ4v) is 2.59. The van der Waals surface area contributed by atoms with E-state index in [9.17, 15) is 9.59 Å². The van der Waals surface area contributed by atoms with Crippen molar-refractivity contribution in [3.05, 3.63) is 22.7 Å². The number of nitrogens with zero attached hydrogens (tertiary/aromatic N) is 2.